The van der Waals surface area contributed by atoms with E-state index in [2.05, 4.69) is 10.4 Å². The molecule has 0 spiro atoms. The van der Waals surface area contributed by atoms with Gasteiger partial charge in [-0.2, -0.15) is 5.10 Å². The average Bonchev–Trinajstić information content (AvgIpc) is 2.78. The third-order valence-electron chi connectivity index (χ3n) is 3.40. The van der Waals surface area contributed by atoms with Crippen molar-refractivity contribution in [2.75, 3.05) is 11.9 Å². The Morgan fingerprint density at radius 1 is 1.29 bits per heavy atom. The number of rotatable bonds is 5. The number of esters is 1. The number of carbonyl (C=O) groups is 2. The van der Waals surface area contributed by atoms with Crippen molar-refractivity contribution in [2.45, 2.75) is 13.8 Å². The molecule has 0 saturated heterocycles. The number of anilines is 1. The molecule has 0 bridgehead atoms. The quantitative estimate of drug-likeness (QED) is 0.674. The minimum atomic E-state index is -0.658. The molecule has 0 aliphatic carbocycles. The van der Waals surface area contributed by atoms with E-state index in [4.69, 9.17) is 4.74 Å². The van der Waals surface area contributed by atoms with Crippen LogP contribution in [-0.2, 0) is 21.4 Å². The maximum Gasteiger partial charge on any atom is 0.331 e. The third-order valence-corrected chi connectivity index (χ3v) is 3.40. The number of halogens is 1. The van der Waals surface area contributed by atoms with Crippen molar-refractivity contribution in [3.8, 4) is 0 Å². The van der Waals surface area contributed by atoms with E-state index >= 15 is 0 Å². The summed E-state index contributed by atoms with van der Waals surface area (Å²) in [7, 11) is 1.78. The first-order chi connectivity index (χ1) is 11.4. The highest BCUT2D eigenvalue weighted by Gasteiger charge is 2.13. The van der Waals surface area contributed by atoms with Crippen LogP contribution >= 0.6 is 0 Å². The van der Waals surface area contributed by atoms with E-state index in [1.165, 1.54) is 36.4 Å². The van der Waals surface area contributed by atoms with Gasteiger partial charge in [0, 0.05) is 13.1 Å². The van der Waals surface area contributed by atoms with Gasteiger partial charge in [0.25, 0.3) is 5.91 Å². The number of carbonyl (C=O) groups excluding carboxylic acids is 2. The molecule has 0 atom stereocenters. The van der Waals surface area contributed by atoms with Crippen LogP contribution in [0.25, 0.3) is 6.08 Å². The van der Waals surface area contributed by atoms with Crippen LogP contribution in [0.5, 0.6) is 0 Å². The van der Waals surface area contributed by atoms with Gasteiger partial charge in [-0.05, 0) is 37.6 Å². The van der Waals surface area contributed by atoms with Crippen LogP contribution in [0.3, 0.4) is 0 Å². The van der Waals surface area contributed by atoms with Gasteiger partial charge in [0.2, 0.25) is 0 Å². The molecule has 1 N–H and O–H groups in total. The van der Waals surface area contributed by atoms with Crippen molar-refractivity contribution in [1.29, 1.82) is 0 Å². The largest absolute Gasteiger partial charge is 0.452 e. The van der Waals surface area contributed by atoms with Gasteiger partial charge in [0.05, 0.1) is 17.1 Å². The molecule has 0 aliphatic rings. The van der Waals surface area contributed by atoms with Crippen LogP contribution in [0, 0.1) is 19.7 Å². The van der Waals surface area contributed by atoms with Crippen molar-refractivity contribution in [2.24, 2.45) is 7.05 Å². The van der Waals surface area contributed by atoms with Gasteiger partial charge in [0.1, 0.15) is 5.82 Å². The van der Waals surface area contributed by atoms with Crippen LogP contribution in [-0.4, -0.2) is 28.3 Å². The van der Waals surface area contributed by atoms with E-state index < -0.39 is 18.5 Å². The highest BCUT2D eigenvalue weighted by atomic mass is 19.1. The first-order valence-electron chi connectivity index (χ1n) is 7.27. The molecule has 0 radical (unpaired) electrons. The predicted octanol–water partition coefficient (Wildman–Crippen LogP) is 2.37. The lowest BCUT2D eigenvalue weighted by molar-refractivity contribution is -0.142. The molecule has 0 fully saturated rings. The van der Waals surface area contributed by atoms with E-state index in [0.717, 1.165) is 5.69 Å². The minimum Gasteiger partial charge on any atom is -0.452 e. The molecular weight excluding hydrogens is 313 g/mol. The lowest BCUT2D eigenvalue weighted by atomic mass is 10.2. The average molecular weight is 331 g/mol. The molecule has 1 amide bonds. The zero-order valence-corrected chi connectivity index (χ0v) is 13.7. The highest BCUT2D eigenvalue weighted by molar-refractivity contribution is 5.95. The number of nitrogens with zero attached hydrogens (tertiary/aromatic N) is 2. The predicted molar refractivity (Wildman–Crippen MR) is 87.7 cm³/mol. The summed E-state index contributed by atoms with van der Waals surface area (Å²) in [5.41, 5.74) is 2.76. The summed E-state index contributed by atoms with van der Waals surface area (Å²) in [5.74, 6) is -1.46. The van der Waals surface area contributed by atoms with Crippen LogP contribution in [0.1, 0.15) is 17.0 Å². The summed E-state index contributed by atoms with van der Waals surface area (Å²) >= 11 is 0. The van der Waals surface area contributed by atoms with Gasteiger partial charge in [-0.25, -0.2) is 9.18 Å². The van der Waals surface area contributed by atoms with Gasteiger partial charge < -0.3 is 10.1 Å². The molecule has 0 aliphatic heterocycles. The molecule has 1 heterocycles. The standard InChI is InChI=1S/C17H18FN3O3/c1-11-17(12(2)21(3)20-11)19-15(22)10-24-16(23)9-6-13-4-7-14(18)8-5-13/h4-9H,10H2,1-3H3,(H,19,22)/b9-6+. The second kappa shape index (κ2) is 7.54. The van der Waals surface area contributed by atoms with Crippen molar-refractivity contribution < 1.29 is 18.7 Å². The smallest absolute Gasteiger partial charge is 0.331 e. The molecule has 1 aromatic carbocycles. The number of hydrogen-bond donors (Lipinski definition) is 1. The second-order valence-corrected chi connectivity index (χ2v) is 5.21. The Balaban J connectivity index is 1.85. The Hall–Kier alpha value is -2.96. The maximum atomic E-state index is 12.8. The van der Waals surface area contributed by atoms with Crippen molar-refractivity contribution in [3.63, 3.8) is 0 Å². The van der Waals surface area contributed by atoms with E-state index in [9.17, 15) is 14.0 Å². The Labute approximate surface area is 138 Å². The Bertz CT molecular complexity index is 779. The molecule has 126 valence electrons. The van der Waals surface area contributed by atoms with E-state index in [1.807, 2.05) is 6.92 Å². The third kappa shape index (κ3) is 4.52. The fraction of sp³-hybridized carbons (Fsp3) is 0.235. The summed E-state index contributed by atoms with van der Waals surface area (Å²) in [5, 5.41) is 6.85. The van der Waals surface area contributed by atoms with Crippen LogP contribution in [0.4, 0.5) is 10.1 Å². The lowest BCUT2D eigenvalue weighted by Gasteiger charge is -2.05. The summed E-state index contributed by atoms with van der Waals surface area (Å²) < 4.78 is 19.3. The lowest BCUT2D eigenvalue weighted by Crippen LogP contribution is -2.20. The van der Waals surface area contributed by atoms with Crippen molar-refractivity contribution >= 4 is 23.6 Å². The number of amides is 1. The molecule has 0 saturated carbocycles. The first kappa shape index (κ1) is 17.4. The molecule has 7 heteroatoms. The summed E-state index contributed by atoms with van der Waals surface area (Å²) in [6.45, 7) is 3.20. The number of aromatic nitrogens is 2. The number of benzene rings is 1. The molecular formula is C17H18FN3O3. The highest BCUT2D eigenvalue weighted by Crippen LogP contribution is 2.17. The fourth-order valence-electron chi connectivity index (χ4n) is 2.05. The number of nitrogens with one attached hydrogen (secondary N) is 1. The number of hydrogen-bond acceptors (Lipinski definition) is 4. The molecule has 2 rings (SSSR count). The van der Waals surface area contributed by atoms with Crippen LogP contribution in [0.2, 0.25) is 0 Å². The fourth-order valence-corrected chi connectivity index (χ4v) is 2.05. The molecule has 24 heavy (non-hydrogen) atoms. The van der Waals surface area contributed by atoms with Gasteiger partial charge in [0.15, 0.2) is 6.61 Å². The Kier molecular flexibility index (Phi) is 5.47. The van der Waals surface area contributed by atoms with E-state index in [0.29, 0.717) is 16.9 Å². The molecule has 2 aromatic rings. The summed E-state index contributed by atoms with van der Waals surface area (Å²) in [6.07, 6.45) is 2.66. The topological polar surface area (TPSA) is 73.2 Å². The maximum absolute atomic E-state index is 12.8. The zero-order valence-electron chi connectivity index (χ0n) is 13.7. The van der Waals surface area contributed by atoms with Gasteiger partial charge >= 0.3 is 5.97 Å². The van der Waals surface area contributed by atoms with E-state index in [1.54, 1.807) is 18.7 Å². The summed E-state index contributed by atoms with van der Waals surface area (Å²) in [4.78, 5) is 23.4. The van der Waals surface area contributed by atoms with Crippen molar-refractivity contribution in [1.82, 2.24) is 9.78 Å². The van der Waals surface area contributed by atoms with Gasteiger partial charge in [-0.1, -0.05) is 12.1 Å². The Morgan fingerprint density at radius 3 is 2.54 bits per heavy atom. The number of ether oxygens (including phenoxy) is 1. The Morgan fingerprint density at radius 2 is 1.96 bits per heavy atom. The van der Waals surface area contributed by atoms with Crippen LogP contribution in [0.15, 0.2) is 30.3 Å². The SMILES string of the molecule is Cc1nn(C)c(C)c1NC(=O)COC(=O)/C=C/c1ccc(F)cc1. The van der Waals surface area contributed by atoms with Gasteiger partial charge in [-0.3, -0.25) is 9.48 Å². The van der Waals surface area contributed by atoms with Crippen molar-refractivity contribution in [3.05, 3.63) is 53.1 Å². The van der Waals surface area contributed by atoms with Gasteiger partial charge in [-0.15, -0.1) is 0 Å². The summed E-state index contributed by atoms with van der Waals surface area (Å²) in [6, 6.07) is 5.63. The molecule has 6 nitrogen and oxygen atoms in total. The monoisotopic (exact) mass is 331 g/mol. The minimum absolute atomic E-state index is 0.354. The molecule has 0 unspecified atom stereocenters. The second-order valence-electron chi connectivity index (χ2n) is 5.21. The normalized spacial score (nSPS) is 10.8. The molecule has 1 aromatic heterocycles. The number of aryl methyl sites for hydroxylation is 2. The van der Waals surface area contributed by atoms with Crippen LogP contribution < -0.4 is 5.32 Å². The first-order valence-corrected chi connectivity index (χ1v) is 7.27. The zero-order chi connectivity index (χ0) is 17.7. The van der Waals surface area contributed by atoms with E-state index in [-0.39, 0.29) is 5.82 Å².